The third-order valence-electron chi connectivity index (χ3n) is 6.41. The number of nitrogens with two attached hydrogens (primary N) is 1. The molecular weight excluding hydrogens is 408 g/mol. The lowest BCUT2D eigenvalue weighted by Crippen LogP contribution is -2.45. The number of halogens is 1. The summed E-state index contributed by atoms with van der Waals surface area (Å²) < 4.78 is 0. The maximum Gasteiger partial charge on any atom is 0.133 e. The molecule has 5 heteroatoms. The van der Waals surface area contributed by atoms with Crippen LogP contribution in [0.4, 0.5) is 0 Å². The smallest absolute Gasteiger partial charge is 0.133 e. The van der Waals surface area contributed by atoms with Crippen molar-refractivity contribution in [3.8, 4) is 0 Å². The van der Waals surface area contributed by atoms with E-state index in [9.17, 15) is 9.59 Å². The van der Waals surface area contributed by atoms with Gasteiger partial charge in [0, 0.05) is 37.0 Å². The van der Waals surface area contributed by atoms with Crippen LogP contribution in [0.15, 0.2) is 60.7 Å². The van der Waals surface area contributed by atoms with E-state index in [1.807, 2.05) is 0 Å². The number of hydrogen-bond acceptors (Lipinski definition) is 4. The lowest BCUT2D eigenvalue weighted by molar-refractivity contribution is -0.125. The van der Waals surface area contributed by atoms with Gasteiger partial charge in [0.25, 0.3) is 0 Å². The predicted molar refractivity (Wildman–Crippen MR) is 128 cm³/mol. The van der Waals surface area contributed by atoms with Crippen molar-refractivity contribution in [2.24, 2.45) is 17.6 Å². The number of hydrogen-bond donors (Lipinski definition) is 1. The minimum absolute atomic E-state index is 0. The van der Waals surface area contributed by atoms with Gasteiger partial charge in [0.1, 0.15) is 11.6 Å². The Labute approximate surface area is 192 Å². The average Bonchev–Trinajstić information content (AvgIpc) is 2.66. The van der Waals surface area contributed by atoms with Crippen LogP contribution in [-0.2, 0) is 22.7 Å². The fraction of sp³-hybridized carbons (Fsp3) is 0.462. The quantitative estimate of drug-likeness (QED) is 0.669. The van der Waals surface area contributed by atoms with Gasteiger partial charge in [0.2, 0.25) is 0 Å². The molecule has 0 amide bonds. The Balaban J connectivity index is 0.000000322. The number of carbonyl (C=O) groups excluding carboxylic acids is 2. The molecule has 0 aromatic heterocycles. The Hall–Kier alpha value is -2.01. The first kappa shape index (κ1) is 25.3. The zero-order chi connectivity index (χ0) is 21.5. The van der Waals surface area contributed by atoms with Crippen LogP contribution < -0.4 is 5.73 Å². The van der Waals surface area contributed by atoms with Gasteiger partial charge in [-0.25, -0.2) is 0 Å². The van der Waals surface area contributed by atoms with Gasteiger partial charge in [-0.05, 0) is 50.7 Å². The van der Waals surface area contributed by atoms with Gasteiger partial charge in [-0.1, -0.05) is 60.7 Å². The highest BCUT2D eigenvalue weighted by molar-refractivity contribution is 5.85. The van der Waals surface area contributed by atoms with E-state index in [-0.39, 0.29) is 18.3 Å². The molecule has 2 aromatic rings. The maximum atomic E-state index is 11.5. The fourth-order valence-electron chi connectivity index (χ4n) is 4.16. The normalized spacial score (nSPS) is 24.0. The Morgan fingerprint density at radius 1 is 0.774 bits per heavy atom. The number of Topliss-reactive ketones (excluding diaryl/α,β-unsaturated/α-hetero) is 2. The van der Waals surface area contributed by atoms with Crippen LogP contribution in [0.25, 0.3) is 0 Å². The third-order valence-corrected chi connectivity index (χ3v) is 6.41. The summed E-state index contributed by atoms with van der Waals surface area (Å²) in [5, 5.41) is 0. The van der Waals surface area contributed by atoms with Crippen LogP contribution in [0, 0.1) is 11.8 Å². The zero-order valence-electron chi connectivity index (χ0n) is 18.6. The summed E-state index contributed by atoms with van der Waals surface area (Å²) in [6.45, 7) is 5.26. The number of benzene rings is 2. The summed E-state index contributed by atoms with van der Waals surface area (Å²) in [5.41, 5.74) is 8.13. The topological polar surface area (TPSA) is 63.4 Å². The fourth-order valence-corrected chi connectivity index (χ4v) is 4.16. The van der Waals surface area contributed by atoms with Crippen molar-refractivity contribution in [3.05, 3.63) is 71.8 Å². The molecule has 0 bridgehead atoms. The summed E-state index contributed by atoms with van der Waals surface area (Å²) in [6, 6.07) is 22.0. The molecule has 0 unspecified atom stereocenters. The SMILES string of the molecule is CC(=O)C1CC(N(Cc2ccccc2)Cc2ccccc2)C1.CC(=O)C1CC(N)C1.Cl. The van der Waals surface area contributed by atoms with Crippen molar-refractivity contribution in [1.82, 2.24) is 4.90 Å². The zero-order valence-corrected chi connectivity index (χ0v) is 19.4. The minimum Gasteiger partial charge on any atom is -0.328 e. The third kappa shape index (κ3) is 7.57. The Morgan fingerprint density at radius 3 is 1.48 bits per heavy atom. The molecule has 4 rings (SSSR count). The van der Waals surface area contributed by atoms with Crippen molar-refractivity contribution in [1.29, 1.82) is 0 Å². The molecule has 2 aliphatic rings. The first-order valence-corrected chi connectivity index (χ1v) is 11.0. The largest absolute Gasteiger partial charge is 0.328 e. The van der Waals surface area contributed by atoms with Crippen molar-refractivity contribution in [3.63, 3.8) is 0 Å². The van der Waals surface area contributed by atoms with Crippen molar-refractivity contribution >= 4 is 24.0 Å². The van der Waals surface area contributed by atoms with Gasteiger partial charge in [0.05, 0.1) is 0 Å². The van der Waals surface area contributed by atoms with Gasteiger partial charge >= 0.3 is 0 Å². The second-order valence-corrected chi connectivity index (χ2v) is 8.85. The van der Waals surface area contributed by atoms with E-state index in [0.717, 1.165) is 38.8 Å². The highest BCUT2D eigenvalue weighted by Gasteiger charge is 2.36. The first-order chi connectivity index (χ1) is 14.4. The van der Waals surface area contributed by atoms with E-state index in [1.165, 1.54) is 11.1 Å². The van der Waals surface area contributed by atoms with E-state index in [1.54, 1.807) is 13.8 Å². The van der Waals surface area contributed by atoms with E-state index in [4.69, 9.17) is 5.73 Å². The Morgan fingerprint density at radius 2 is 1.16 bits per heavy atom. The molecule has 2 aliphatic carbocycles. The van der Waals surface area contributed by atoms with Gasteiger partial charge in [0.15, 0.2) is 0 Å². The molecule has 31 heavy (non-hydrogen) atoms. The van der Waals surface area contributed by atoms with Gasteiger partial charge in [-0.2, -0.15) is 0 Å². The summed E-state index contributed by atoms with van der Waals surface area (Å²) >= 11 is 0. The summed E-state index contributed by atoms with van der Waals surface area (Å²) in [7, 11) is 0. The lowest BCUT2D eigenvalue weighted by Gasteiger charge is -2.42. The second-order valence-electron chi connectivity index (χ2n) is 8.85. The molecule has 168 valence electrons. The number of nitrogens with zero attached hydrogens (tertiary/aromatic N) is 1. The van der Waals surface area contributed by atoms with Gasteiger partial charge < -0.3 is 5.73 Å². The van der Waals surface area contributed by atoms with Crippen LogP contribution in [-0.4, -0.2) is 28.6 Å². The van der Waals surface area contributed by atoms with Crippen LogP contribution in [0.3, 0.4) is 0 Å². The van der Waals surface area contributed by atoms with Crippen molar-refractivity contribution in [2.75, 3.05) is 0 Å². The molecule has 0 heterocycles. The molecule has 4 nitrogen and oxygen atoms in total. The van der Waals surface area contributed by atoms with Crippen molar-refractivity contribution < 1.29 is 9.59 Å². The van der Waals surface area contributed by atoms with Crippen LogP contribution >= 0.6 is 12.4 Å². The minimum atomic E-state index is 0. The number of ketones is 2. The molecule has 0 aliphatic heterocycles. The van der Waals surface area contributed by atoms with E-state index in [2.05, 4.69) is 65.6 Å². The van der Waals surface area contributed by atoms with Crippen LogP contribution in [0.1, 0.15) is 50.7 Å². The highest BCUT2D eigenvalue weighted by Crippen LogP contribution is 2.34. The molecule has 2 N–H and O–H groups in total. The number of rotatable bonds is 7. The van der Waals surface area contributed by atoms with Crippen LogP contribution in [0.2, 0.25) is 0 Å². The summed E-state index contributed by atoms with van der Waals surface area (Å²) in [6.07, 6.45) is 3.84. The first-order valence-electron chi connectivity index (χ1n) is 11.0. The van der Waals surface area contributed by atoms with E-state index >= 15 is 0 Å². The molecule has 2 aromatic carbocycles. The second kappa shape index (κ2) is 12.1. The highest BCUT2D eigenvalue weighted by atomic mass is 35.5. The predicted octanol–water partition coefficient (Wildman–Crippen LogP) is 4.79. The molecule has 2 fully saturated rings. The van der Waals surface area contributed by atoms with E-state index < -0.39 is 0 Å². The standard InChI is InChI=1S/C20H23NO.C6H11NO.ClH/c1-16(22)19-12-20(13-19)21(14-17-8-4-2-5-9-17)15-18-10-6-3-7-11-18;1-4(8)5-2-6(7)3-5;/h2-11,19-20H,12-15H2,1H3;5-6H,2-3,7H2,1H3;1H. The summed E-state index contributed by atoms with van der Waals surface area (Å²) in [5.74, 6) is 1.21. The van der Waals surface area contributed by atoms with E-state index in [0.29, 0.717) is 29.6 Å². The average molecular weight is 443 g/mol. The molecular formula is C26H35ClN2O2. The van der Waals surface area contributed by atoms with Crippen molar-refractivity contribution in [2.45, 2.75) is 64.7 Å². The molecule has 0 atom stereocenters. The maximum absolute atomic E-state index is 11.5. The van der Waals surface area contributed by atoms with Gasteiger partial charge in [-0.15, -0.1) is 12.4 Å². The monoisotopic (exact) mass is 442 g/mol. The van der Waals surface area contributed by atoms with Gasteiger partial charge in [-0.3, -0.25) is 14.5 Å². The lowest BCUT2D eigenvalue weighted by atomic mass is 9.77. The molecule has 2 saturated carbocycles. The number of carbonyl (C=O) groups is 2. The molecule has 0 radical (unpaired) electrons. The van der Waals surface area contributed by atoms with Crippen LogP contribution in [0.5, 0.6) is 0 Å². The Bertz CT molecular complexity index is 774. The molecule has 0 spiro atoms. The molecule has 0 saturated heterocycles. The summed E-state index contributed by atoms with van der Waals surface area (Å²) in [4.78, 5) is 24.5. The Kier molecular flexibility index (Phi) is 9.89.